The Morgan fingerprint density at radius 2 is 1.96 bits per heavy atom. The third-order valence-corrected chi connectivity index (χ3v) is 5.37. The van der Waals surface area contributed by atoms with Gasteiger partial charge in [-0.05, 0) is 30.7 Å². The fourth-order valence-electron chi connectivity index (χ4n) is 3.13. The molecule has 0 unspecified atom stereocenters. The monoisotopic (exact) mass is 349 g/mol. The van der Waals surface area contributed by atoms with Gasteiger partial charge in [-0.25, -0.2) is 4.98 Å². The molecule has 4 aromatic rings. The van der Waals surface area contributed by atoms with E-state index in [2.05, 4.69) is 46.2 Å². The van der Waals surface area contributed by atoms with Crippen LogP contribution in [0.2, 0.25) is 0 Å². The standard InChI is InChI=1S/C20H19N3OS/c1-2-23-13-14(15-7-3-5-9-17(15)23)11-19(24)21-12-20-22-16-8-4-6-10-18(16)25-20/h3-10,13H,2,11-12H2,1H3,(H,21,24). The average Bonchev–Trinajstić information content (AvgIpc) is 3.21. The lowest BCUT2D eigenvalue weighted by molar-refractivity contribution is -0.120. The summed E-state index contributed by atoms with van der Waals surface area (Å²) in [4.78, 5) is 17.0. The van der Waals surface area contributed by atoms with Crippen LogP contribution >= 0.6 is 11.3 Å². The number of para-hydroxylation sites is 2. The predicted octanol–water partition coefficient (Wildman–Crippen LogP) is 4.13. The number of hydrogen-bond acceptors (Lipinski definition) is 3. The molecule has 0 saturated heterocycles. The van der Waals surface area contributed by atoms with Crippen molar-refractivity contribution in [1.29, 1.82) is 0 Å². The smallest absolute Gasteiger partial charge is 0.224 e. The number of aromatic nitrogens is 2. The molecule has 25 heavy (non-hydrogen) atoms. The first-order valence-electron chi connectivity index (χ1n) is 8.42. The van der Waals surface area contributed by atoms with Crippen molar-refractivity contribution in [3.63, 3.8) is 0 Å². The van der Waals surface area contributed by atoms with Gasteiger partial charge in [0.15, 0.2) is 0 Å². The quantitative estimate of drug-likeness (QED) is 0.589. The van der Waals surface area contributed by atoms with Crippen molar-refractivity contribution in [2.75, 3.05) is 0 Å². The molecule has 2 aromatic carbocycles. The topological polar surface area (TPSA) is 46.9 Å². The van der Waals surface area contributed by atoms with E-state index in [9.17, 15) is 4.79 Å². The van der Waals surface area contributed by atoms with E-state index in [1.165, 1.54) is 5.52 Å². The van der Waals surface area contributed by atoms with Gasteiger partial charge in [-0.15, -0.1) is 11.3 Å². The first kappa shape index (κ1) is 15.8. The molecule has 2 aromatic heterocycles. The number of hydrogen-bond donors (Lipinski definition) is 1. The summed E-state index contributed by atoms with van der Waals surface area (Å²) < 4.78 is 3.34. The fourth-order valence-corrected chi connectivity index (χ4v) is 4.04. The molecule has 0 aliphatic rings. The number of aryl methyl sites for hydroxylation is 1. The van der Waals surface area contributed by atoms with Crippen molar-refractivity contribution >= 4 is 38.4 Å². The lowest BCUT2D eigenvalue weighted by atomic mass is 10.1. The third-order valence-electron chi connectivity index (χ3n) is 4.34. The molecule has 1 amide bonds. The Balaban J connectivity index is 1.47. The molecule has 0 atom stereocenters. The highest BCUT2D eigenvalue weighted by Gasteiger charge is 2.12. The molecule has 5 heteroatoms. The Kier molecular flexibility index (Phi) is 4.24. The number of nitrogens with zero attached hydrogens (tertiary/aromatic N) is 2. The number of nitrogens with one attached hydrogen (secondary N) is 1. The molecular weight excluding hydrogens is 330 g/mol. The zero-order valence-electron chi connectivity index (χ0n) is 14.0. The number of fused-ring (bicyclic) bond motifs is 2. The van der Waals surface area contributed by atoms with Crippen molar-refractivity contribution < 1.29 is 4.79 Å². The van der Waals surface area contributed by atoms with Gasteiger partial charge in [0.1, 0.15) is 5.01 Å². The molecule has 0 aliphatic carbocycles. The normalized spacial score (nSPS) is 11.2. The van der Waals surface area contributed by atoms with Crippen LogP contribution in [-0.2, 0) is 24.3 Å². The minimum Gasteiger partial charge on any atom is -0.349 e. The number of rotatable bonds is 5. The highest BCUT2D eigenvalue weighted by Crippen LogP contribution is 2.23. The molecule has 0 aliphatic heterocycles. The van der Waals surface area contributed by atoms with Crippen LogP contribution < -0.4 is 5.32 Å². The van der Waals surface area contributed by atoms with Gasteiger partial charge in [0.05, 0.1) is 23.2 Å². The van der Waals surface area contributed by atoms with Crippen LogP contribution in [0.25, 0.3) is 21.1 Å². The fraction of sp³-hybridized carbons (Fsp3) is 0.200. The van der Waals surface area contributed by atoms with Crippen LogP contribution in [0.15, 0.2) is 54.7 Å². The lowest BCUT2D eigenvalue weighted by Gasteiger charge is -2.02. The minimum absolute atomic E-state index is 0.0262. The molecule has 2 heterocycles. The molecule has 0 spiro atoms. The summed E-state index contributed by atoms with van der Waals surface area (Å²) in [6.45, 7) is 3.49. The van der Waals surface area contributed by atoms with E-state index in [1.807, 2.05) is 30.3 Å². The molecule has 0 saturated carbocycles. The number of benzene rings is 2. The lowest BCUT2D eigenvalue weighted by Crippen LogP contribution is -2.24. The summed E-state index contributed by atoms with van der Waals surface area (Å²) in [5.41, 5.74) is 3.24. The zero-order valence-corrected chi connectivity index (χ0v) is 14.8. The van der Waals surface area contributed by atoms with E-state index in [0.29, 0.717) is 13.0 Å². The van der Waals surface area contributed by atoms with Gasteiger partial charge >= 0.3 is 0 Å². The van der Waals surface area contributed by atoms with Gasteiger partial charge < -0.3 is 9.88 Å². The van der Waals surface area contributed by atoms with E-state index in [1.54, 1.807) is 11.3 Å². The van der Waals surface area contributed by atoms with E-state index >= 15 is 0 Å². The molecule has 0 fully saturated rings. The summed E-state index contributed by atoms with van der Waals surface area (Å²) in [6, 6.07) is 16.3. The Bertz CT molecular complexity index is 1010. The molecular formula is C20H19N3OS. The minimum atomic E-state index is 0.0262. The summed E-state index contributed by atoms with van der Waals surface area (Å²) in [7, 11) is 0. The molecule has 4 rings (SSSR count). The SMILES string of the molecule is CCn1cc(CC(=O)NCc2nc3ccccc3s2)c2ccccc21. The van der Waals surface area contributed by atoms with Crippen LogP contribution in [-0.4, -0.2) is 15.5 Å². The van der Waals surface area contributed by atoms with Crippen molar-refractivity contribution in [2.24, 2.45) is 0 Å². The van der Waals surface area contributed by atoms with Gasteiger partial charge in [-0.3, -0.25) is 4.79 Å². The number of amides is 1. The molecule has 126 valence electrons. The molecule has 1 N–H and O–H groups in total. The number of carbonyl (C=O) groups is 1. The largest absolute Gasteiger partial charge is 0.349 e. The average molecular weight is 349 g/mol. The van der Waals surface area contributed by atoms with Gasteiger partial charge in [-0.1, -0.05) is 30.3 Å². The van der Waals surface area contributed by atoms with Gasteiger partial charge in [0, 0.05) is 23.6 Å². The van der Waals surface area contributed by atoms with Gasteiger partial charge in [0.25, 0.3) is 0 Å². The molecule has 4 nitrogen and oxygen atoms in total. The van der Waals surface area contributed by atoms with Gasteiger partial charge in [-0.2, -0.15) is 0 Å². The van der Waals surface area contributed by atoms with Gasteiger partial charge in [0.2, 0.25) is 5.91 Å². The maximum absolute atomic E-state index is 12.4. The van der Waals surface area contributed by atoms with E-state index < -0.39 is 0 Å². The maximum Gasteiger partial charge on any atom is 0.224 e. The Labute approximate surface area is 150 Å². The number of carbonyl (C=O) groups excluding carboxylic acids is 1. The summed E-state index contributed by atoms with van der Waals surface area (Å²) in [6.07, 6.45) is 2.47. The second-order valence-electron chi connectivity index (χ2n) is 5.99. The highest BCUT2D eigenvalue weighted by atomic mass is 32.1. The Hall–Kier alpha value is -2.66. The predicted molar refractivity (Wildman–Crippen MR) is 103 cm³/mol. The van der Waals surface area contributed by atoms with Crippen LogP contribution in [0.3, 0.4) is 0 Å². The van der Waals surface area contributed by atoms with E-state index in [0.717, 1.165) is 32.7 Å². The molecule has 0 bridgehead atoms. The summed E-state index contributed by atoms with van der Waals surface area (Å²) in [5, 5.41) is 5.09. The number of thiazole rings is 1. The highest BCUT2D eigenvalue weighted by molar-refractivity contribution is 7.18. The van der Waals surface area contributed by atoms with Crippen molar-refractivity contribution in [3.05, 3.63) is 65.3 Å². The second kappa shape index (κ2) is 6.69. The maximum atomic E-state index is 12.4. The van der Waals surface area contributed by atoms with Crippen LogP contribution in [0.5, 0.6) is 0 Å². The summed E-state index contributed by atoms with van der Waals surface area (Å²) in [5.74, 6) is 0.0262. The van der Waals surface area contributed by atoms with Crippen molar-refractivity contribution in [1.82, 2.24) is 14.9 Å². The zero-order chi connectivity index (χ0) is 17.2. The third kappa shape index (κ3) is 3.15. The van der Waals surface area contributed by atoms with Crippen molar-refractivity contribution in [3.8, 4) is 0 Å². The second-order valence-corrected chi connectivity index (χ2v) is 7.10. The van der Waals surface area contributed by atoms with Crippen LogP contribution in [0.1, 0.15) is 17.5 Å². The Morgan fingerprint density at radius 3 is 2.80 bits per heavy atom. The Morgan fingerprint density at radius 1 is 1.16 bits per heavy atom. The van der Waals surface area contributed by atoms with Crippen LogP contribution in [0, 0.1) is 0 Å². The first-order chi connectivity index (χ1) is 12.2. The van der Waals surface area contributed by atoms with E-state index in [4.69, 9.17) is 0 Å². The molecule has 0 radical (unpaired) electrons. The van der Waals surface area contributed by atoms with Crippen LogP contribution in [0.4, 0.5) is 0 Å². The van der Waals surface area contributed by atoms with E-state index in [-0.39, 0.29) is 5.91 Å². The first-order valence-corrected chi connectivity index (χ1v) is 9.24. The summed E-state index contributed by atoms with van der Waals surface area (Å²) >= 11 is 1.63. The van der Waals surface area contributed by atoms with Crippen molar-refractivity contribution in [2.45, 2.75) is 26.4 Å².